The second kappa shape index (κ2) is 10.4. The molecule has 1 heterocycles. The van der Waals surface area contributed by atoms with Gasteiger partial charge in [0, 0.05) is 29.8 Å². The smallest absolute Gasteiger partial charge is 0.226 e. The van der Waals surface area contributed by atoms with Crippen LogP contribution in [-0.2, 0) is 9.59 Å². The number of ketones is 1. The fourth-order valence-electron chi connectivity index (χ4n) is 3.96. The molecular formula is C28H30N4O3. The van der Waals surface area contributed by atoms with Crippen molar-refractivity contribution in [1.82, 2.24) is 0 Å². The molecule has 1 aliphatic heterocycles. The van der Waals surface area contributed by atoms with Crippen molar-refractivity contribution in [2.24, 2.45) is 11.0 Å². The van der Waals surface area contributed by atoms with E-state index in [0.29, 0.717) is 18.1 Å². The van der Waals surface area contributed by atoms with Crippen molar-refractivity contribution in [2.45, 2.75) is 33.9 Å². The maximum atomic E-state index is 12.8. The second-order valence-corrected chi connectivity index (χ2v) is 8.57. The number of hydrazone groups is 1. The third-order valence-electron chi connectivity index (χ3n) is 5.68. The number of ether oxygens (including phenoxy) is 1. The van der Waals surface area contributed by atoms with Crippen LogP contribution in [0.15, 0.2) is 84.0 Å². The number of hydrogen-bond acceptors (Lipinski definition) is 6. The van der Waals surface area contributed by atoms with Gasteiger partial charge in [-0.25, -0.2) is 5.01 Å². The van der Waals surface area contributed by atoms with E-state index in [0.717, 1.165) is 22.7 Å². The van der Waals surface area contributed by atoms with Gasteiger partial charge in [0.25, 0.3) is 0 Å². The molecule has 0 aliphatic carbocycles. The minimum atomic E-state index is -0.449. The number of hydrogen-bond donors (Lipinski definition) is 1. The van der Waals surface area contributed by atoms with Gasteiger partial charge in [-0.3, -0.25) is 14.5 Å². The van der Waals surface area contributed by atoms with E-state index in [1.807, 2.05) is 110 Å². The first-order valence-corrected chi connectivity index (χ1v) is 11.8. The summed E-state index contributed by atoms with van der Waals surface area (Å²) >= 11 is 0. The molecule has 0 unspecified atom stereocenters. The van der Waals surface area contributed by atoms with Gasteiger partial charge in [0.1, 0.15) is 5.75 Å². The molecule has 180 valence electrons. The fraction of sp³-hybridized carbons (Fsp3) is 0.250. The molecule has 0 saturated carbocycles. The van der Waals surface area contributed by atoms with Crippen LogP contribution in [0.4, 0.5) is 17.1 Å². The van der Waals surface area contributed by atoms with Crippen molar-refractivity contribution in [2.75, 3.05) is 21.8 Å². The van der Waals surface area contributed by atoms with Crippen LogP contribution in [0.3, 0.4) is 0 Å². The van der Waals surface area contributed by atoms with Crippen LogP contribution in [-0.4, -0.2) is 24.1 Å². The Bertz CT molecular complexity index is 1220. The molecule has 4 rings (SSSR count). The lowest BCUT2D eigenvalue weighted by Crippen LogP contribution is -2.38. The Kier molecular flexibility index (Phi) is 7.15. The number of carbonyl (C=O) groups excluding carboxylic acids is 2. The summed E-state index contributed by atoms with van der Waals surface area (Å²) in [7, 11) is 0. The van der Waals surface area contributed by atoms with Crippen LogP contribution in [0.2, 0.25) is 0 Å². The average Bonchev–Trinajstić information content (AvgIpc) is 3.26. The number of para-hydroxylation sites is 2. The Morgan fingerprint density at radius 1 is 0.943 bits per heavy atom. The van der Waals surface area contributed by atoms with E-state index in [1.165, 1.54) is 6.92 Å². The van der Waals surface area contributed by atoms with Crippen molar-refractivity contribution in [3.05, 3.63) is 84.4 Å². The molecular weight excluding hydrogens is 440 g/mol. The van der Waals surface area contributed by atoms with E-state index < -0.39 is 6.17 Å². The van der Waals surface area contributed by atoms with Crippen molar-refractivity contribution in [3.63, 3.8) is 0 Å². The van der Waals surface area contributed by atoms with Gasteiger partial charge in [0.2, 0.25) is 5.91 Å². The first-order chi connectivity index (χ1) is 16.9. The maximum absolute atomic E-state index is 12.8. The van der Waals surface area contributed by atoms with Gasteiger partial charge in [-0.2, -0.15) is 0 Å². The van der Waals surface area contributed by atoms with Gasteiger partial charge < -0.3 is 10.1 Å². The molecule has 0 aromatic heterocycles. The Balaban J connectivity index is 1.82. The number of anilines is 3. The molecule has 0 saturated heterocycles. The lowest BCUT2D eigenvalue weighted by Gasteiger charge is -2.33. The quantitative estimate of drug-likeness (QED) is 0.463. The van der Waals surface area contributed by atoms with Crippen LogP contribution in [0.5, 0.6) is 5.75 Å². The van der Waals surface area contributed by atoms with Crippen LogP contribution in [0.25, 0.3) is 0 Å². The van der Waals surface area contributed by atoms with Crippen molar-refractivity contribution in [3.8, 4) is 5.75 Å². The van der Waals surface area contributed by atoms with Crippen molar-refractivity contribution < 1.29 is 14.3 Å². The van der Waals surface area contributed by atoms with Crippen LogP contribution < -0.4 is 20.0 Å². The molecule has 7 heteroatoms. The number of benzene rings is 3. The molecule has 1 atom stereocenters. The average molecular weight is 471 g/mol. The molecule has 1 N–H and O–H groups in total. The highest BCUT2D eigenvalue weighted by atomic mass is 16.5. The molecule has 7 nitrogen and oxygen atoms in total. The summed E-state index contributed by atoms with van der Waals surface area (Å²) in [6.07, 6.45) is -0.449. The molecule has 0 bridgehead atoms. The third-order valence-corrected chi connectivity index (χ3v) is 5.68. The molecule has 3 aromatic carbocycles. The number of carbonyl (C=O) groups is 2. The summed E-state index contributed by atoms with van der Waals surface area (Å²) in [5, 5.41) is 9.53. The van der Waals surface area contributed by atoms with Crippen LogP contribution in [0.1, 0.15) is 39.4 Å². The summed E-state index contributed by atoms with van der Waals surface area (Å²) in [5.74, 6) is 0.725. The van der Waals surface area contributed by atoms with Crippen LogP contribution in [0, 0.1) is 5.92 Å². The van der Waals surface area contributed by atoms with Gasteiger partial charge in [-0.15, -0.1) is 5.10 Å². The topological polar surface area (TPSA) is 74.2 Å². The number of nitrogens with zero attached hydrogens (tertiary/aromatic N) is 3. The Morgan fingerprint density at radius 3 is 2.23 bits per heavy atom. The Hall–Kier alpha value is -4.13. The lowest BCUT2D eigenvalue weighted by molar-refractivity contribution is -0.119. The predicted molar refractivity (Wildman–Crippen MR) is 140 cm³/mol. The summed E-state index contributed by atoms with van der Waals surface area (Å²) in [5.41, 5.74) is 3.21. The van der Waals surface area contributed by atoms with E-state index in [-0.39, 0.29) is 17.6 Å². The number of nitrogens with one attached hydrogen (secondary N) is 1. The zero-order valence-electron chi connectivity index (χ0n) is 20.4. The van der Waals surface area contributed by atoms with Crippen molar-refractivity contribution >= 4 is 34.6 Å². The van der Waals surface area contributed by atoms with E-state index in [1.54, 1.807) is 0 Å². The Morgan fingerprint density at radius 2 is 1.60 bits per heavy atom. The molecule has 0 radical (unpaired) electrons. The summed E-state index contributed by atoms with van der Waals surface area (Å²) in [6, 6.07) is 25.0. The largest absolute Gasteiger partial charge is 0.493 e. The molecule has 35 heavy (non-hydrogen) atoms. The highest BCUT2D eigenvalue weighted by molar-refractivity contribution is 6.44. The SMILES string of the molecule is CCOc1ccccc1[C@H]1N(c2ccccc2)N=C(C(C)=O)N1c1ccc(NC(=O)C(C)C)cc1. The Labute approximate surface area is 206 Å². The molecule has 1 amide bonds. The van der Waals surface area contributed by atoms with Gasteiger partial charge in [0.15, 0.2) is 17.8 Å². The van der Waals surface area contributed by atoms with Gasteiger partial charge >= 0.3 is 0 Å². The third kappa shape index (κ3) is 5.04. The molecule has 1 aliphatic rings. The first kappa shape index (κ1) is 24.0. The summed E-state index contributed by atoms with van der Waals surface area (Å²) in [6.45, 7) is 7.67. The van der Waals surface area contributed by atoms with E-state index in [9.17, 15) is 9.59 Å². The minimum absolute atomic E-state index is 0.0521. The zero-order valence-corrected chi connectivity index (χ0v) is 20.4. The van der Waals surface area contributed by atoms with Crippen molar-refractivity contribution in [1.29, 1.82) is 0 Å². The molecule has 0 spiro atoms. The van der Waals surface area contributed by atoms with E-state index >= 15 is 0 Å². The molecule has 3 aromatic rings. The monoisotopic (exact) mass is 470 g/mol. The fourth-order valence-corrected chi connectivity index (χ4v) is 3.96. The zero-order chi connectivity index (χ0) is 24.9. The van der Waals surface area contributed by atoms with Gasteiger partial charge in [-0.1, -0.05) is 50.2 Å². The van der Waals surface area contributed by atoms with Crippen LogP contribution >= 0.6 is 0 Å². The highest BCUT2D eigenvalue weighted by Crippen LogP contribution is 2.42. The summed E-state index contributed by atoms with van der Waals surface area (Å²) < 4.78 is 5.96. The number of Topliss-reactive ketones (excluding diaryl/α,β-unsaturated/α-hetero) is 1. The lowest BCUT2D eigenvalue weighted by atomic mass is 10.1. The predicted octanol–water partition coefficient (Wildman–Crippen LogP) is 5.61. The second-order valence-electron chi connectivity index (χ2n) is 8.57. The highest BCUT2D eigenvalue weighted by Gasteiger charge is 2.40. The van der Waals surface area contributed by atoms with Gasteiger partial charge in [-0.05, 0) is 49.4 Å². The summed E-state index contributed by atoms with van der Waals surface area (Å²) in [4.78, 5) is 26.8. The van der Waals surface area contributed by atoms with Gasteiger partial charge in [0.05, 0.1) is 12.3 Å². The standard InChI is InChI=1S/C28H30N4O3/c1-5-35-25-14-10-9-13-24(25)28-31(22-17-15-21(16-18-22)29-27(34)19(2)3)26(20(4)33)30-32(28)23-11-7-6-8-12-23/h6-19,28H,5H2,1-4H3,(H,29,34)/t28-/m1/s1. The first-order valence-electron chi connectivity index (χ1n) is 11.8. The van der Waals surface area contributed by atoms with E-state index in [4.69, 9.17) is 9.84 Å². The molecule has 0 fully saturated rings. The number of amides is 1. The van der Waals surface area contributed by atoms with E-state index in [2.05, 4.69) is 5.32 Å². The minimum Gasteiger partial charge on any atom is -0.493 e. The number of amidine groups is 1. The maximum Gasteiger partial charge on any atom is 0.226 e. The normalized spacial score (nSPS) is 15.2. The number of rotatable bonds is 8.